The van der Waals surface area contributed by atoms with E-state index in [-0.39, 0.29) is 12.5 Å². The molecule has 114 valence electrons. The maximum absolute atomic E-state index is 11.9. The molecule has 0 radical (unpaired) electrons. The highest BCUT2D eigenvalue weighted by Gasteiger charge is 2.11. The summed E-state index contributed by atoms with van der Waals surface area (Å²) in [6, 6.07) is 12.4. The molecule has 1 amide bonds. The molecule has 0 bridgehead atoms. The maximum Gasteiger partial charge on any atom is 0.338 e. The summed E-state index contributed by atoms with van der Waals surface area (Å²) >= 11 is 3.40. The molecule has 2 aromatic rings. The predicted molar refractivity (Wildman–Crippen MR) is 89.0 cm³/mol. The van der Waals surface area contributed by atoms with Crippen LogP contribution in [-0.2, 0) is 9.53 Å². The zero-order valence-corrected chi connectivity index (χ0v) is 13.9. The number of hydrogen-bond donors (Lipinski definition) is 1. The smallest absolute Gasteiger partial charge is 0.338 e. The normalized spacial score (nSPS) is 10.1. The predicted octanol–water partition coefficient (Wildman–Crippen LogP) is 3.86. The van der Waals surface area contributed by atoms with Crippen LogP contribution in [0.4, 0.5) is 5.69 Å². The Kier molecular flexibility index (Phi) is 5.33. The number of esters is 1. The van der Waals surface area contributed by atoms with Crippen molar-refractivity contribution < 1.29 is 14.3 Å². The number of ether oxygens (including phenoxy) is 1. The van der Waals surface area contributed by atoms with Gasteiger partial charge in [0.05, 0.1) is 11.3 Å². The number of hydrogen-bond acceptors (Lipinski definition) is 3. The van der Waals surface area contributed by atoms with Crippen molar-refractivity contribution in [1.82, 2.24) is 0 Å². The number of halogens is 1. The van der Waals surface area contributed by atoms with Gasteiger partial charge in [0, 0.05) is 4.47 Å². The summed E-state index contributed by atoms with van der Waals surface area (Å²) in [6.07, 6.45) is 0. The van der Waals surface area contributed by atoms with Crippen molar-refractivity contribution in [3.8, 4) is 0 Å². The van der Waals surface area contributed by atoms with E-state index in [1.807, 2.05) is 26.0 Å². The molecule has 0 aliphatic rings. The molecule has 5 heteroatoms. The van der Waals surface area contributed by atoms with Crippen molar-refractivity contribution in [3.05, 3.63) is 63.6 Å². The molecule has 0 aliphatic carbocycles. The van der Waals surface area contributed by atoms with Gasteiger partial charge < -0.3 is 10.1 Å². The molecular formula is C17H16BrNO3. The average molecular weight is 362 g/mol. The van der Waals surface area contributed by atoms with Gasteiger partial charge in [0.15, 0.2) is 6.61 Å². The molecule has 0 saturated heterocycles. The van der Waals surface area contributed by atoms with E-state index in [4.69, 9.17) is 4.74 Å². The van der Waals surface area contributed by atoms with E-state index in [2.05, 4.69) is 21.2 Å². The van der Waals surface area contributed by atoms with Crippen molar-refractivity contribution >= 4 is 33.5 Å². The topological polar surface area (TPSA) is 55.4 Å². The SMILES string of the molecule is Cc1cc(Br)c(NC(=O)COC(=O)c2ccccc2)cc1C. The molecule has 2 aromatic carbocycles. The van der Waals surface area contributed by atoms with Gasteiger partial charge in [-0.25, -0.2) is 4.79 Å². The highest BCUT2D eigenvalue weighted by molar-refractivity contribution is 9.10. The molecule has 2 rings (SSSR count). The van der Waals surface area contributed by atoms with Gasteiger partial charge in [0.2, 0.25) is 0 Å². The van der Waals surface area contributed by atoms with Gasteiger partial charge in [0.1, 0.15) is 0 Å². The van der Waals surface area contributed by atoms with Crippen molar-refractivity contribution in [2.75, 3.05) is 11.9 Å². The minimum Gasteiger partial charge on any atom is -0.452 e. The quantitative estimate of drug-likeness (QED) is 0.841. The van der Waals surface area contributed by atoms with Gasteiger partial charge in [-0.1, -0.05) is 18.2 Å². The number of anilines is 1. The van der Waals surface area contributed by atoms with Crippen LogP contribution in [0.15, 0.2) is 46.9 Å². The Hall–Kier alpha value is -2.14. The Bertz CT molecular complexity index is 699. The summed E-state index contributed by atoms with van der Waals surface area (Å²) in [4.78, 5) is 23.6. The van der Waals surface area contributed by atoms with E-state index in [0.717, 1.165) is 15.6 Å². The first kappa shape index (κ1) is 16.2. The lowest BCUT2D eigenvalue weighted by Crippen LogP contribution is -2.21. The number of rotatable bonds is 4. The van der Waals surface area contributed by atoms with Gasteiger partial charge in [-0.05, 0) is 65.2 Å². The Morgan fingerprint density at radius 1 is 1.09 bits per heavy atom. The van der Waals surface area contributed by atoms with Gasteiger partial charge in [-0.15, -0.1) is 0 Å². The van der Waals surface area contributed by atoms with E-state index >= 15 is 0 Å². The largest absolute Gasteiger partial charge is 0.452 e. The van der Waals surface area contributed by atoms with Crippen molar-refractivity contribution in [2.24, 2.45) is 0 Å². The van der Waals surface area contributed by atoms with Crippen LogP contribution in [0.2, 0.25) is 0 Å². The molecule has 0 aliphatic heterocycles. The third-order valence-electron chi connectivity index (χ3n) is 3.20. The average Bonchev–Trinajstić information content (AvgIpc) is 2.51. The molecule has 0 fully saturated rings. The molecule has 4 nitrogen and oxygen atoms in total. The van der Waals surface area contributed by atoms with E-state index in [1.165, 1.54) is 0 Å². The summed E-state index contributed by atoms with van der Waals surface area (Å²) in [7, 11) is 0. The number of amides is 1. The fourth-order valence-electron chi connectivity index (χ4n) is 1.85. The third kappa shape index (κ3) is 4.18. The van der Waals surface area contributed by atoms with E-state index < -0.39 is 5.97 Å². The second kappa shape index (κ2) is 7.22. The lowest BCUT2D eigenvalue weighted by molar-refractivity contribution is -0.119. The lowest BCUT2D eigenvalue weighted by Gasteiger charge is -2.10. The molecule has 0 saturated carbocycles. The second-order valence-electron chi connectivity index (χ2n) is 4.91. The van der Waals surface area contributed by atoms with Gasteiger partial charge in [-0.3, -0.25) is 4.79 Å². The molecule has 0 atom stereocenters. The lowest BCUT2D eigenvalue weighted by atomic mass is 10.1. The molecular weight excluding hydrogens is 346 g/mol. The second-order valence-corrected chi connectivity index (χ2v) is 5.76. The Labute approximate surface area is 137 Å². The number of carbonyl (C=O) groups excluding carboxylic acids is 2. The monoisotopic (exact) mass is 361 g/mol. The van der Waals surface area contributed by atoms with E-state index in [9.17, 15) is 9.59 Å². The van der Waals surface area contributed by atoms with Gasteiger partial charge in [0.25, 0.3) is 5.91 Å². The molecule has 22 heavy (non-hydrogen) atoms. The first-order valence-corrected chi connectivity index (χ1v) is 7.55. The fourth-order valence-corrected chi connectivity index (χ4v) is 2.41. The minimum atomic E-state index is -0.519. The first-order chi connectivity index (χ1) is 10.5. The van der Waals surface area contributed by atoms with E-state index in [1.54, 1.807) is 30.3 Å². The van der Waals surface area contributed by atoms with Crippen LogP contribution in [0, 0.1) is 13.8 Å². The van der Waals surface area contributed by atoms with Gasteiger partial charge in [-0.2, -0.15) is 0 Å². The summed E-state index contributed by atoms with van der Waals surface area (Å²) < 4.78 is 5.78. The summed E-state index contributed by atoms with van der Waals surface area (Å²) in [5.74, 6) is -0.900. The van der Waals surface area contributed by atoms with Crippen molar-refractivity contribution in [3.63, 3.8) is 0 Å². The number of nitrogens with one attached hydrogen (secondary N) is 1. The van der Waals surface area contributed by atoms with Crippen LogP contribution in [0.5, 0.6) is 0 Å². The standard InChI is InChI=1S/C17H16BrNO3/c1-11-8-14(18)15(9-12(11)2)19-16(20)10-22-17(21)13-6-4-3-5-7-13/h3-9H,10H2,1-2H3,(H,19,20). The van der Waals surface area contributed by atoms with Crippen LogP contribution < -0.4 is 5.32 Å². The van der Waals surface area contributed by atoms with E-state index in [0.29, 0.717) is 11.3 Å². The van der Waals surface area contributed by atoms with Crippen LogP contribution in [-0.4, -0.2) is 18.5 Å². The number of carbonyl (C=O) groups is 2. The van der Waals surface area contributed by atoms with Crippen LogP contribution in [0.3, 0.4) is 0 Å². The maximum atomic E-state index is 11.9. The molecule has 1 N–H and O–H groups in total. The highest BCUT2D eigenvalue weighted by Crippen LogP contribution is 2.26. The summed E-state index contributed by atoms with van der Waals surface area (Å²) in [5.41, 5.74) is 3.27. The minimum absolute atomic E-state index is 0.326. The van der Waals surface area contributed by atoms with Crippen molar-refractivity contribution in [1.29, 1.82) is 0 Å². The van der Waals surface area contributed by atoms with Crippen LogP contribution >= 0.6 is 15.9 Å². The van der Waals surface area contributed by atoms with Crippen LogP contribution in [0.25, 0.3) is 0 Å². The Morgan fingerprint density at radius 3 is 2.41 bits per heavy atom. The Balaban J connectivity index is 1.94. The first-order valence-electron chi connectivity index (χ1n) is 6.76. The number of benzene rings is 2. The Morgan fingerprint density at radius 2 is 1.73 bits per heavy atom. The molecule has 0 spiro atoms. The highest BCUT2D eigenvalue weighted by atomic mass is 79.9. The molecule has 0 aromatic heterocycles. The summed E-state index contributed by atoms with van der Waals surface area (Å²) in [5, 5.41) is 2.72. The van der Waals surface area contributed by atoms with Crippen LogP contribution in [0.1, 0.15) is 21.5 Å². The number of aryl methyl sites for hydroxylation is 2. The zero-order chi connectivity index (χ0) is 16.1. The fraction of sp³-hybridized carbons (Fsp3) is 0.176. The summed E-state index contributed by atoms with van der Waals surface area (Å²) in [6.45, 7) is 3.63. The zero-order valence-electron chi connectivity index (χ0n) is 12.4. The molecule has 0 unspecified atom stereocenters. The third-order valence-corrected chi connectivity index (χ3v) is 3.86. The van der Waals surface area contributed by atoms with Gasteiger partial charge >= 0.3 is 5.97 Å². The van der Waals surface area contributed by atoms with Crippen molar-refractivity contribution in [2.45, 2.75) is 13.8 Å². The molecule has 0 heterocycles.